The number of hydrogen-bond donors (Lipinski definition) is 0. The van der Waals surface area contributed by atoms with Gasteiger partial charge in [-0.3, -0.25) is 4.79 Å². The zero-order valence-electron chi connectivity index (χ0n) is 8.57. The van der Waals surface area contributed by atoms with Crippen molar-refractivity contribution in [1.29, 1.82) is 0 Å². The molecule has 4 heteroatoms. The lowest BCUT2D eigenvalue weighted by Crippen LogP contribution is -2.03. The molecule has 0 saturated heterocycles. The maximum absolute atomic E-state index is 13.4. The van der Waals surface area contributed by atoms with E-state index in [1.165, 1.54) is 30.6 Å². The fraction of sp³-hybridized carbons (Fsp3) is 0.0833. The lowest BCUT2D eigenvalue weighted by Gasteiger charge is -2.02. The summed E-state index contributed by atoms with van der Waals surface area (Å²) in [6.07, 6.45) is 0. The summed E-state index contributed by atoms with van der Waals surface area (Å²) in [5.74, 6) is -0.369. The van der Waals surface area contributed by atoms with Crippen molar-refractivity contribution in [3.8, 4) is 5.75 Å². The van der Waals surface area contributed by atoms with Crippen LogP contribution in [0.2, 0.25) is 0 Å². The van der Waals surface area contributed by atoms with E-state index in [0.29, 0.717) is 10.6 Å². The van der Waals surface area contributed by atoms with E-state index in [2.05, 4.69) is 0 Å². The Labute approximate surface area is 96.3 Å². The molecule has 0 aliphatic rings. The molecule has 0 bridgehead atoms. The van der Waals surface area contributed by atoms with Crippen LogP contribution in [0.15, 0.2) is 35.7 Å². The molecule has 82 valence electrons. The molecular formula is C12H9FO2S. The maximum atomic E-state index is 13.4. The molecule has 0 amide bonds. The second kappa shape index (κ2) is 4.45. The number of hydrogen-bond acceptors (Lipinski definition) is 3. The van der Waals surface area contributed by atoms with E-state index in [1.807, 2.05) is 0 Å². The summed E-state index contributed by atoms with van der Waals surface area (Å²) in [7, 11) is 1.49. The van der Waals surface area contributed by atoms with Crippen LogP contribution in [0, 0.1) is 5.82 Å². The molecule has 0 radical (unpaired) electrons. The summed E-state index contributed by atoms with van der Waals surface area (Å²) in [4.78, 5) is 12.4. The summed E-state index contributed by atoms with van der Waals surface area (Å²) in [6, 6.07) is 7.62. The molecular weight excluding hydrogens is 227 g/mol. The number of methoxy groups -OCH3 is 1. The van der Waals surface area contributed by atoms with E-state index in [9.17, 15) is 9.18 Å². The normalized spacial score (nSPS) is 10.1. The average molecular weight is 236 g/mol. The highest BCUT2D eigenvalue weighted by Gasteiger charge is 2.18. The predicted molar refractivity (Wildman–Crippen MR) is 60.7 cm³/mol. The summed E-state index contributed by atoms with van der Waals surface area (Å²) in [6.45, 7) is 0. The molecule has 1 aromatic carbocycles. The SMILES string of the molecule is COc1ccsc1C(=O)c1ccccc1F. The summed E-state index contributed by atoms with van der Waals surface area (Å²) in [5, 5.41) is 1.74. The van der Waals surface area contributed by atoms with Crippen LogP contribution in [0.25, 0.3) is 0 Å². The second-order valence-electron chi connectivity index (χ2n) is 3.13. The average Bonchev–Trinajstić information content (AvgIpc) is 2.77. The van der Waals surface area contributed by atoms with Gasteiger partial charge in [-0.05, 0) is 23.6 Å². The van der Waals surface area contributed by atoms with Gasteiger partial charge < -0.3 is 4.74 Å². The molecule has 2 nitrogen and oxygen atoms in total. The smallest absolute Gasteiger partial charge is 0.209 e. The van der Waals surface area contributed by atoms with Crippen LogP contribution in [0.3, 0.4) is 0 Å². The predicted octanol–water partition coefficient (Wildman–Crippen LogP) is 3.13. The van der Waals surface area contributed by atoms with Crippen LogP contribution in [-0.4, -0.2) is 12.9 Å². The number of ether oxygens (including phenoxy) is 1. The number of thiophene rings is 1. The lowest BCUT2D eigenvalue weighted by atomic mass is 10.1. The Bertz CT molecular complexity index is 519. The van der Waals surface area contributed by atoms with Crippen molar-refractivity contribution in [2.75, 3.05) is 7.11 Å². The first-order valence-electron chi connectivity index (χ1n) is 4.64. The number of carbonyl (C=O) groups excluding carboxylic acids is 1. The first-order valence-corrected chi connectivity index (χ1v) is 5.52. The highest BCUT2D eigenvalue weighted by molar-refractivity contribution is 7.12. The van der Waals surface area contributed by atoms with Gasteiger partial charge in [-0.2, -0.15) is 0 Å². The number of benzene rings is 1. The quantitative estimate of drug-likeness (QED) is 0.765. The molecule has 1 aromatic heterocycles. The molecule has 0 unspecified atom stereocenters. The number of carbonyl (C=O) groups is 1. The topological polar surface area (TPSA) is 26.3 Å². The molecule has 2 aromatic rings. The van der Waals surface area contributed by atoms with Crippen LogP contribution in [-0.2, 0) is 0 Å². The minimum absolute atomic E-state index is 0.0725. The zero-order valence-corrected chi connectivity index (χ0v) is 9.38. The number of halogens is 1. The van der Waals surface area contributed by atoms with Crippen molar-refractivity contribution in [3.05, 3.63) is 52.0 Å². The van der Waals surface area contributed by atoms with E-state index >= 15 is 0 Å². The minimum atomic E-state index is -0.511. The molecule has 0 N–H and O–H groups in total. The number of rotatable bonds is 3. The summed E-state index contributed by atoms with van der Waals surface area (Å²) >= 11 is 1.24. The van der Waals surface area contributed by atoms with E-state index in [4.69, 9.17) is 4.74 Å². The fourth-order valence-electron chi connectivity index (χ4n) is 1.39. The van der Waals surface area contributed by atoms with Gasteiger partial charge in [0.15, 0.2) is 0 Å². The molecule has 0 fully saturated rings. The fourth-order valence-corrected chi connectivity index (χ4v) is 2.20. The van der Waals surface area contributed by atoms with Gasteiger partial charge in [0.25, 0.3) is 0 Å². The van der Waals surface area contributed by atoms with E-state index in [1.54, 1.807) is 23.6 Å². The van der Waals surface area contributed by atoms with Gasteiger partial charge >= 0.3 is 0 Å². The van der Waals surface area contributed by atoms with E-state index in [0.717, 1.165) is 0 Å². The molecule has 0 aliphatic carbocycles. The van der Waals surface area contributed by atoms with Crippen LogP contribution >= 0.6 is 11.3 Å². The third-order valence-corrected chi connectivity index (χ3v) is 3.07. The van der Waals surface area contributed by atoms with Crippen molar-refractivity contribution in [3.63, 3.8) is 0 Å². The van der Waals surface area contributed by atoms with Crippen molar-refractivity contribution in [2.24, 2.45) is 0 Å². The van der Waals surface area contributed by atoms with Gasteiger partial charge in [-0.1, -0.05) is 12.1 Å². The van der Waals surface area contributed by atoms with Crippen molar-refractivity contribution < 1.29 is 13.9 Å². The summed E-state index contributed by atoms with van der Waals surface area (Å²) < 4.78 is 18.4. The Kier molecular flexibility index (Phi) is 3.01. The van der Waals surface area contributed by atoms with Gasteiger partial charge in [-0.15, -0.1) is 11.3 Å². The third kappa shape index (κ3) is 1.84. The Balaban J connectivity index is 2.44. The van der Waals surface area contributed by atoms with Crippen LogP contribution in [0.4, 0.5) is 4.39 Å². The molecule has 0 spiro atoms. The first-order chi connectivity index (χ1) is 7.74. The van der Waals surface area contributed by atoms with Crippen LogP contribution in [0.5, 0.6) is 5.75 Å². The molecule has 0 saturated carbocycles. The van der Waals surface area contributed by atoms with Crippen LogP contribution in [0.1, 0.15) is 15.2 Å². The second-order valence-corrected chi connectivity index (χ2v) is 4.04. The van der Waals surface area contributed by atoms with Gasteiger partial charge in [0, 0.05) is 0 Å². The van der Waals surface area contributed by atoms with Gasteiger partial charge in [-0.25, -0.2) is 4.39 Å². The van der Waals surface area contributed by atoms with E-state index in [-0.39, 0.29) is 11.3 Å². The molecule has 2 rings (SSSR count). The minimum Gasteiger partial charge on any atom is -0.495 e. The Morgan fingerprint density at radius 1 is 1.31 bits per heavy atom. The third-order valence-electron chi connectivity index (χ3n) is 2.17. The van der Waals surface area contributed by atoms with Gasteiger partial charge in [0.05, 0.1) is 12.7 Å². The van der Waals surface area contributed by atoms with Gasteiger partial charge in [0.1, 0.15) is 16.4 Å². The van der Waals surface area contributed by atoms with Gasteiger partial charge in [0.2, 0.25) is 5.78 Å². The van der Waals surface area contributed by atoms with Crippen LogP contribution < -0.4 is 4.74 Å². The standard InChI is InChI=1S/C12H9FO2S/c1-15-10-6-7-16-12(10)11(14)8-4-2-3-5-9(8)13/h2-7H,1H3. The molecule has 0 aliphatic heterocycles. The van der Waals surface area contributed by atoms with E-state index < -0.39 is 5.82 Å². The zero-order chi connectivity index (χ0) is 11.5. The molecule has 1 heterocycles. The monoisotopic (exact) mass is 236 g/mol. The summed E-state index contributed by atoms with van der Waals surface area (Å²) in [5.41, 5.74) is 0.0725. The highest BCUT2D eigenvalue weighted by atomic mass is 32.1. The Hall–Kier alpha value is -1.68. The van der Waals surface area contributed by atoms with Crippen molar-refractivity contribution in [1.82, 2.24) is 0 Å². The first kappa shape index (κ1) is 10.8. The largest absolute Gasteiger partial charge is 0.495 e. The van der Waals surface area contributed by atoms with Crippen molar-refractivity contribution in [2.45, 2.75) is 0 Å². The highest BCUT2D eigenvalue weighted by Crippen LogP contribution is 2.27. The van der Waals surface area contributed by atoms with Crippen molar-refractivity contribution >= 4 is 17.1 Å². The Morgan fingerprint density at radius 2 is 2.06 bits per heavy atom. The molecule has 0 atom stereocenters. The maximum Gasteiger partial charge on any atom is 0.209 e. The Morgan fingerprint density at radius 3 is 2.75 bits per heavy atom. The lowest BCUT2D eigenvalue weighted by molar-refractivity contribution is 0.103. The number of ketones is 1. The molecule has 16 heavy (non-hydrogen) atoms.